The van der Waals surface area contributed by atoms with Crippen LogP contribution in [0.5, 0.6) is 11.5 Å². The van der Waals surface area contributed by atoms with Crippen molar-refractivity contribution < 1.29 is 14.3 Å². The van der Waals surface area contributed by atoms with Gasteiger partial charge in [0.05, 0.1) is 13.2 Å². The van der Waals surface area contributed by atoms with E-state index in [4.69, 9.17) is 9.47 Å². The van der Waals surface area contributed by atoms with Crippen LogP contribution >= 0.6 is 0 Å². The number of allylic oxidation sites excluding steroid dienone is 4. The molecular weight excluding hydrogens is 312 g/mol. The third-order valence-corrected chi connectivity index (χ3v) is 4.51. The minimum atomic E-state index is 0.199. The van der Waals surface area contributed by atoms with Crippen molar-refractivity contribution in [3.8, 4) is 11.5 Å². The SMILES string of the molecule is CC=CC(=CC(C)CC(C)=O)c1ccc(OC)c(OC2CCCC2)c1. The highest BCUT2D eigenvalue weighted by molar-refractivity contribution is 5.78. The molecule has 1 fully saturated rings. The fraction of sp³-hybridized carbons (Fsp3) is 0.500. The van der Waals surface area contributed by atoms with Crippen molar-refractivity contribution in [2.45, 2.75) is 59.0 Å². The molecule has 0 spiro atoms. The number of Topliss-reactive ketones (excluding diaryl/α,β-unsaturated/α-hetero) is 1. The zero-order valence-corrected chi connectivity index (χ0v) is 15.9. The Labute approximate surface area is 151 Å². The van der Waals surface area contributed by atoms with Crippen LogP contribution in [0.3, 0.4) is 0 Å². The standard InChI is InChI=1S/C22H30O3/c1-5-8-18(14-16(2)13-17(3)23)19-11-12-21(24-4)22(15-19)25-20-9-6-7-10-20/h5,8,11-12,14-16,20H,6-7,9-10,13H2,1-4H3. The molecule has 1 atom stereocenters. The second-order valence-electron chi connectivity index (χ2n) is 6.90. The van der Waals surface area contributed by atoms with Crippen molar-refractivity contribution in [1.29, 1.82) is 0 Å². The molecule has 0 heterocycles. The van der Waals surface area contributed by atoms with E-state index in [1.54, 1.807) is 14.0 Å². The zero-order valence-electron chi connectivity index (χ0n) is 15.9. The predicted octanol–water partition coefficient (Wildman–Crippen LogP) is 5.59. The van der Waals surface area contributed by atoms with Crippen molar-refractivity contribution in [2.75, 3.05) is 7.11 Å². The molecule has 3 nitrogen and oxygen atoms in total. The van der Waals surface area contributed by atoms with E-state index in [1.807, 2.05) is 25.1 Å². The molecule has 0 saturated heterocycles. The highest BCUT2D eigenvalue weighted by Crippen LogP contribution is 2.34. The summed E-state index contributed by atoms with van der Waals surface area (Å²) < 4.78 is 11.7. The Balaban J connectivity index is 2.30. The number of ether oxygens (including phenoxy) is 2. The molecule has 1 unspecified atom stereocenters. The van der Waals surface area contributed by atoms with Gasteiger partial charge in [-0.3, -0.25) is 0 Å². The molecular formula is C22H30O3. The number of benzene rings is 1. The molecule has 0 aromatic heterocycles. The van der Waals surface area contributed by atoms with Gasteiger partial charge in [0.2, 0.25) is 0 Å². The van der Waals surface area contributed by atoms with E-state index >= 15 is 0 Å². The molecule has 0 aliphatic heterocycles. The monoisotopic (exact) mass is 342 g/mol. The fourth-order valence-corrected chi connectivity index (χ4v) is 3.38. The van der Waals surface area contributed by atoms with Crippen molar-refractivity contribution in [2.24, 2.45) is 5.92 Å². The van der Waals surface area contributed by atoms with E-state index in [1.165, 1.54) is 12.8 Å². The van der Waals surface area contributed by atoms with Crippen LogP contribution in [0.4, 0.5) is 0 Å². The predicted molar refractivity (Wildman–Crippen MR) is 103 cm³/mol. The number of hydrogen-bond donors (Lipinski definition) is 0. The average molecular weight is 342 g/mol. The van der Waals surface area contributed by atoms with Gasteiger partial charge in [0.25, 0.3) is 0 Å². The lowest BCUT2D eigenvalue weighted by Crippen LogP contribution is -2.11. The molecule has 0 radical (unpaired) electrons. The molecule has 0 N–H and O–H groups in total. The minimum absolute atomic E-state index is 0.199. The maximum Gasteiger partial charge on any atom is 0.162 e. The normalized spacial score (nSPS) is 17.0. The largest absolute Gasteiger partial charge is 0.493 e. The molecule has 0 bridgehead atoms. The van der Waals surface area contributed by atoms with Crippen LogP contribution in [0.1, 0.15) is 58.4 Å². The number of carbonyl (C=O) groups excluding carboxylic acids is 1. The van der Waals surface area contributed by atoms with Gasteiger partial charge >= 0.3 is 0 Å². The maximum atomic E-state index is 11.4. The third-order valence-electron chi connectivity index (χ3n) is 4.51. The Bertz CT molecular complexity index is 637. The smallest absolute Gasteiger partial charge is 0.162 e. The van der Waals surface area contributed by atoms with Gasteiger partial charge in [0.1, 0.15) is 5.78 Å². The number of methoxy groups -OCH3 is 1. The Morgan fingerprint density at radius 3 is 2.60 bits per heavy atom. The van der Waals surface area contributed by atoms with Gasteiger partial charge in [0, 0.05) is 6.42 Å². The van der Waals surface area contributed by atoms with E-state index < -0.39 is 0 Å². The Morgan fingerprint density at radius 2 is 2.00 bits per heavy atom. The van der Waals surface area contributed by atoms with Gasteiger partial charge < -0.3 is 14.3 Å². The van der Waals surface area contributed by atoms with E-state index in [9.17, 15) is 4.79 Å². The lowest BCUT2D eigenvalue weighted by atomic mass is 9.97. The third kappa shape index (κ3) is 5.77. The molecule has 1 aromatic carbocycles. The van der Waals surface area contributed by atoms with Crippen LogP contribution in [-0.2, 0) is 4.79 Å². The fourth-order valence-electron chi connectivity index (χ4n) is 3.38. The second kappa shape index (κ2) is 9.45. The van der Waals surface area contributed by atoms with Crippen molar-refractivity contribution in [3.63, 3.8) is 0 Å². The van der Waals surface area contributed by atoms with Crippen LogP contribution in [0.2, 0.25) is 0 Å². The number of rotatable bonds is 8. The second-order valence-corrected chi connectivity index (χ2v) is 6.90. The Morgan fingerprint density at radius 1 is 1.28 bits per heavy atom. The Hall–Kier alpha value is -2.03. The summed E-state index contributed by atoms with van der Waals surface area (Å²) in [5, 5.41) is 0. The molecule has 136 valence electrons. The zero-order chi connectivity index (χ0) is 18.2. The van der Waals surface area contributed by atoms with Gasteiger partial charge in [-0.15, -0.1) is 0 Å². The lowest BCUT2D eigenvalue weighted by molar-refractivity contribution is -0.117. The summed E-state index contributed by atoms with van der Waals surface area (Å²) in [6.07, 6.45) is 11.8. The summed E-state index contributed by atoms with van der Waals surface area (Å²) >= 11 is 0. The van der Waals surface area contributed by atoms with Gasteiger partial charge in [-0.1, -0.05) is 31.2 Å². The quantitative estimate of drug-likeness (QED) is 0.578. The first-order valence-electron chi connectivity index (χ1n) is 9.22. The van der Waals surface area contributed by atoms with Gasteiger partial charge in [-0.25, -0.2) is 0 Å². The summed E-state index contributed by atoms with van der Waals surface area (Å²) in [6, 6.07) is 6.07. The minimum Gasteiger partial charge on any atom is -0.493 e. The molecule has 1 aromatic rings. The lowest BCUT2D eigenvalue weighted by Gasteiger charge is -2.17. The van der Waals surface area contributed by atoms with Crippen LogP contribution in [0, 0.1) is 5.92 Å². The maximum absolute atomic E-state index is 11.4. The summed E-state index contributed by atoms with van der Waals surface area (Å²) in [6.45, 7) is 5.72. The van der Waals surface area contributed by atoms with Gasteiger partial charge in [-0.05, 0) is 68.7 Å². The first-order chi connectivity index (χ1) is 12.0. The molecule has 1 aliphatic carbocycles. The number of carbonyl (C=O) groups is 1. The Kier molecular flexibility index (Phi) is 7.30. The number of ketones is 1. The molecule has 25 heavy (non-hydrogen) atoms. The molecule has 1 aliphatic rings. The highest BCUT2D eigenvalue weighted by atomic mass is 16.5. The van der Waals surface area contributed by atoms with Crippen LogP contribution in [-0.4, -0.2) is 19.0 Å². The van der Waals surface area contributed by atoms with Gasteiger partial charge in [0.15, 0.2) is 11.5 Å². The van der Waals surface area contributed by atoms with Crippen LogP contribution in [0.25, 0.3) is 5.57 Å². The summed E-state index contributed by atoms with van der Waals surface area (Å²) in [4.78, 5) is 11.4. The van der Waals surface area contributed by atoms with Crippen molar-refractivity contribution >= 4 is 11.4 Å². The molecule has 3 heteroatoms. The van der Waals surface area contributed by atoms with Gasteiger partial charge in [-0.2, -0.15) is 0 Å². The van der Waals surface area contributed by atoms with Crippen molar-refractivity contribution in [3.05, 3.63) is 42.0 Å². The topological polar surface area (TPSA) is 35.5 Å². The molecule has 0 amide bonds. The first-order valence-corrected chi connectivity index (χ1v) is 9.22. The van der Waals surface area contributed by atoms with E-state index in [2.05, 4.69) is 25.1 Å². The van der Waals surface area contributed by atoms with Crippen LogP contribution in [0.15, 0.2) is 36.4 Å². The van der Waals surface area contributed by atoms with E-state index in [0.29, 0.717) is 6.42 Å². The van der Waals surface area contributed by atoms with E-state index in [-0.39, 0.29) is 17.8 Å². The summed E-state index contributed by atoms with van der Waals surface area (Å²) in [7, 11) is 1.67. The summed E-state index contributed by atoms with van der Waals surface area (Å²) in [5.41, 5.74) is 2.19. The van der Waals surface area contributed by atoms with Crippen LogP contribution < -0.4 is 9.47 Å². The number of hydrogen-bond acceptors (Lipinski definition) is 3. The molecule has 1 saturated carbocycles. The molecule has 2 rings (SSSR count). The van der Waals surface area contributed by atoms with Crippen molar-refractivity contribution in [1.82, 2.24) is 0 Å². The first kappa shape index (κ1) is 19.3. The van der Waals surface area contributed by atoms with E-state index in [0.717, 1.165) is 35.5 Å². The average Bonchev–Trinajstić information content (AvgIpc) is 3.06. The highest BCUT2D eigenvalue weighted by Gasteiger charge is 2.19. The summed E-state index contributed by atoms with van der Waals surface area (Å²) in [5.74, 6) is 1.99.